The van der Waals surface area contributed by atoms with Gasteiger partial charge in [0.05, 0.1) is 17.6 Å². The van der Waals surface area contributed by atoms with E-state index in [0.717, 1.165) is 28.2 Å². The van der Waals surface area contributed by atoms with Crippen molar-refractivity contribution in [3.63, 3.8) is 0 Å². The minimum absolute atomic E-state index is 0.0519. The Bertz CT molecular complexity index is 1230. The number of benzene rings is 3. The molecule has 0 atom stereocenters. The standard InChI is InChI=1S/C28H31N3O2/c1-20(2)22-12-14-23(15-13-22)33-19-18-31-26-11-7-6-10-25(26)30-27(31)16-17-29-28(32)24-9-5-4-8-21(24)3/h4-15,20H,16-19H2,1-3H3,(H,29,32). The highest BCUT2D eigenvalue weighted by Crippen LogP contribution is 2.20. The SMILES string of the molecule is Cc1ccccc1C(=O)NCCc1nc2ccccc2n1CCOc1ccc(C(C)C)cc1. The van der Waals surface area contributed by atoms with Gasteiger partial charge < -0.3 is 14.6 Å². The number of para-hydroxylation sites is 2. The van der Waals surface area contributed by atoms with Crippen molar-refractivity contribution in [3.8, 4) is 5.75 Å². The van der Waals surface area contributed by atoms with Crippen LogP contribution in [0.25, 0.3) is 11.0 Å². The van der Waals surface area contributed by atoms with Crippen LogP contribution < -0.4 is 10.1 Å². The minimum atomic E-state index is -0.0519. The lowest BCUT2D eigenvalue weighted by molar-refractivity contribution is 0.0953. The largest absolute Gasteiger partial charge is 0.492 e. The van der Waals surface area contributed by atoms with E-state index in [-0.39, 0.29) is 5.91 Å². The van der Waals surface area contributed by atoms with E-state index in [1.807, 2.05) is 61.5 Å². The quantitative estimate of drug-likeness (QED) is 0.372. The first-order valence-corrected chi connectivity index (χ1v) is 11.5. The van der Waals surface area contributed by atoms with Crippen molar-refractivity contribution in [1.82, 2.24) is 14.9 Å². The van der Waals surface area contributed by atoms with Crippen LogP contribution in [0.3, 0.4) is 0 Å². The van der Waals surface area contributed by atoms with Crippen molar-refractivity contribution < 1.29 is 9.53 Å². The van der Waals surface area contributed by atoms with Crippen LogP contribution in [0, 0.1) is 6.92 Å². The van der Waals surface area contributed by atoms with E-state index in [0.29, 0.717) is 37.6 Å². The molecule has 0 saturated carbocycles. The predicted molar refractivity (Wildman–Crippen MR) is 133 cm³/mol. The molecule has 0 fully saturated rings. The zero-order valence-corrected chi connectivity index (χ0v) is 19.5. The van der Waals surface area contributed by atoms with Crippen LogP contribution in [0.15, 0.2) is 72.8 Å². The molecule has 0 radical (unpaired) electrons. The second-order valence-corrected chi connectivity index (χ2v) is 8.56. The second kappa shape index (κ2) is 10.3. The fourth-order valence-corrected chi connectivity index (χ4v) is 3.98. The molecule has 0 aliphatic rings. The number of nitrogens with one attached hydrogen (secondary N) is 1. The highest BCUT2D eigenvalue weighted by atomic mass is 16.5. The van der Waals surface area contributed by atoms with Gasteiger partial charge in [0.25, 0.3) is 5.91 Å². The third-order valence-corrected chi connectivity index (χ3v) is 5.89. The van der Waals surface area contributed by atoms with Crippen LogP contribution in [-0.4, -0.2) is 28.6 Å². The van der Waals surface area contributed by atoms with Crippen LogP contribution in [0.1, 0.15) is 47.1 Å². The maximum Gasteiger partial charge on any atom is 0.251 e. The molecule has 1 N–H and O–H groups in total. The Hall–Kier alpha value is -3.60. The normalized spacial score (nSPS) is 11.2. The number of carbonyl (C=O) groups is 1. The van der Waals surface area contributed by atoms with Crippen LogP contribution in [0.2, 0.25) is 0 Å². The molecule has 33 heavy (non-hydrogen) atoms. The smallest absolute Gasteiger partial charge is 0.251 e. The Morgan fingerprint density at radius 1 is 1.00 bits per heavy atom. The summed E-state index contributed by atoms with van der Waals surface area (Å²) < 4.78 is 8.21. The number of imidazole rings is 1. The zero-order valence-electron chi connectivity index (χ0n) is 19.5. The first-order chi connectivity index (χ1) is 16.0. The molecule has 3 aromatic carbocycles. The van der Waals surface area contributed by atoms with Crippen molar-refractivity contribution in [2.24, 2.45) is 0 Å². The maximum absolute atomic E-state index is 12.5. The van der Waals surface area contributed by atoms with E-state index in [2.05, 4.69) is 41.9 Å². The van der Waals surface area contributed by atoms with Gasteiger partial charge >= 0.3 is 0 Å². The minimum Gasteiger partial charge on any atom is -0.492 e. The van der Waals surface area contributed by atoms with Crippen LogP contribution in [-0.2, 0) is 13.0 Å². The summed E-state index contributed by atoms with van der Waals surface area (Å²) in [6.45, 7) is 8.08. The second-order valence-electron chi connectivity index (χ2n) is 8.56. The fourth-order valence-electron chi connectivity index (χ4n) is 3.98. The van der Waals surface area contributed by atoms with Gasteiger partial charge in [0.1, 0.15) is 18.2 Å². The van der Waals surface area contributed by atoms with Gasteiger partial charge in [0, 0.05) is 18.5 Å². The lowest BCUT2D eigenvalue weighted by Crippen LogP contribution is -2.27. The lowest BCUT2D eigenvalue weighted by Gasteiger charge is -2.12. The molecule has 4 rings (SSSR count). The van der Waals surface area contributed by atoms with Crippen molar-refractivity contribution in [3.05, 3.63) is 95.3 Å². The molecule has 0 saturated heterocycles. The van der Waals surface area contributed by atoms with E-state index in [1.54, 1.807) is 0 Å². The van der Waals surface area contributed by atoms with Crippen LogP contribution >= 0.6 is 0 Å². The topological polar surface area (TPSA) is 56.2 Å². The summed E-state index contributed by atoms with van der Waals surface area (Å²) in [6, 6.07) is 24.0. The van der Waals surface area contributed by atoms with Gasteiger partial charge in [-0.15, -0.1) is 0 Å². The summed E-state index contributed by atoms with van der Waals surface area (Å²) in [4.78, 5) is 17.4. The molecule has 0 unspecified atom stereocenters. The van der Waals surface area contributed by atoms with E-state index >= 15 is 0 Å². The summed E-state index contributed by atoms with van der Waals surface area (Å²) in [5, 5.41) is 3.03. The first-order valence-electron chi connectivity index (χ1n) is 11.5. The number of hydrogen-bond acceptors (Lipinski definition) is 3. The van der Waals surface area contributed by atoms with E-state index in [4.69, 9.17) is 9.72 Å². The molecule has 1 aromatic heterocycles. The Labute approximate surface area is 195 Å². The number of aryl methyl sites for hydroxylation is 1. The molecule has 5 heteroatoms. The van der Waals surface area contributed by atoms with Gasteiger partial charge in [-0.25, -0.2) is 4.98 Å². The average molecular weight is 442 g/mol. The van der Waals surface area contributed by atoms with Crippen molar-refractivity contribution in [2.75, 3.05) is 13.2 Å². The average Bonchev–Trinajstić information content (AvgIpc) is 3.17. The third-order valence-electron chi connectivity index (χ3n) is 5.89. The third kappa shape index (κ3) is 5.43. The van der Waals surface area contributed by atoms with Crippen molar-refractivity contribution in [2.45, 2.75) is 39.7 Å². The Balaban J connectivity index is 1.41. The number of carbonyl (C=O) groups excluding carboxylic acids is 1. The van der Waals surface area contributed by atoms with Gasteiger partial charge in [0.15, 0.2) is 0 Å². The number of nitrogens with zero attached hydrogens (tertiary/aromatic N) is 2. The summed E-state index contributed by atoms with van der Waals surface area (Å²) in [6.07, 6.45) is 0.648. The Kier molecular flexibility index (Phi) is 7.08. The molecule has 0 aliphatic heterocycles. The fraction of sp³-hybridized carbons (Fsp3) is 0.286. The molecule has 4 aromatic rings. The molecule has 170 valence electrons. The van der Waals surface area contributed by atoms with Crippen LogP contribution in [0.4, 0.5) is 0 Å². The molecule has 0 spiro atoms. The summed E-state index contributed by atoms with van der Waals surface area (Å²) in [5.41, 5.74) is 5.03. The molecule has 0 bridgehead atoms. The zero-order chi connectivity index (χ0) is 23.2. The summed E-state index contributed by atoms with van der Waals surface area (Å²) >= 11 is 0. The monoisotopic (exact) mass is 441 g/mol. The van der Waals surface area contributed by atoms with E-state index in [9.17, 15) is 4.79 Å². The van der Waals surface area contributed by atoms with Crippen LogP contribution in [0.5, 0.6) is 5.75 Å². The number of ether oxygens (including phenoxy) is 1. The van der Waals surface area contributed by atoms with E-state index < -0.39 is 0 Å². The van der Waals surface area contributed by atoms with Gasteiger partial charge in [-0.3, -0.25) is 4.79 Å². The predicted octanol–water partition coefficient (Wildman–Crippen LogP) is 5.52. The highest BCUT2D eigenvalue weighted by Gasteiger charge is 2.12. The van der Waals surface area contributed by atoms with Gasteiger partial charge in [-0.2, -0.15) is 0 Å². The summed E-state index contributed by atoms with van der Waals surface area (Å²) in [5.74, 6) is 2.27. The number of amides is 1. The molecular weight excluding hydrogens is 410 g/mol. The first kappa shape index (κ1) is 22.6. The van der Waals surface area contributed by atoms with E-state index in [1.165, 1.54) is 5.56 Å². The molecule has 5 nitrogen and oxygen atoms in total. The number of fused-ring (bicyclic) bond motifs is 1. The number of rotatable bonds is 9. The molecule has 1 heterocycles. The number of hydrogen-bond donors (Lipinski definition) is 1. The van der Waals surface area contributed by atoms with Gasteiger partial charge in [-0.05, 0) is 54.3 Å². The Morgan fingerprint density at radius 3 is 2.48 bits per heavy atom. The summed E-state index contributed by atoms with van der Waals surface area (Å²) in [7, 11) is 0. The number of aromatic nitrogens is 2. The lowest BCUT2D eigenvalue weighted by atomic mass is 10.0. The Morgan fingerprint density at radius 2 is 1.73 bits per heavy atom. The van der Waals surface area contributed by atoms with Gasteiger partial charge in [-0.1, -0.05) is 56.3 Å². The maximum atomic E-state index is 12.5. The molecular formula is C28H31N3O2. The molecule has 0 aliphatic carbocycles. The molecule has 1 amide bonds. The van der Waals surface area contributed by atoms with Crippen molar-refractivity contribution >= 4 is 16.9 Å². The van der Waals surface area contributed by atoms with Crippen molar-refractivity contribution in [1.29, 1.82) is 0 Å². The van der Waals surface area contributed by atoms with Gasteiger partial charge in [0.2, 0.25) is 0 Å². The highest BCUT2D eigenvalue weighted by molar-refractivity contribution is 5.95.